The van der Waals surface area contributed by atoms with Gasteiger partial charge in [0.2, 0.25) is 0 Å². The second-order valence-corrected chi connectivity index (χ2v) is 3.44. The van der Waals surface area contributed by atoms with Gasteiger partial charge in [0, 0.05) is 25.4 Å². The molecule has 0 fully saturated rings. The summed E-state index contributed by atoms with van der Waals surface area (Å²) < 4.78 is 0. The molecule has 0 atom stereocenters. The van der Waals surface area contributed by atoms with E-state index in [2.05, 4.69) is 26.9 Å². The minimum absolute atomic E-state index is 0.835. The highest BCUT2D eigenvalue weighted by atomic mass is 32.2. The van der Waals surface area contributed by atoms with Crippen molar-refractivity contribution in [2.24, 2.45) is 0 Å². The lowest BCUT2D eigenvalue weighted by atomic mass is 10.5. The second kappa shape index (κ2) is 5.64. The van der Waals surface area contributed by atoms with Gasteiger partial charge in [-0.15, -0.1) is 0 Å². The van der Waals surface area contributed by atoms with E-state index in [0.29, 0.717) is 0 Å². The topological polar surface area (TPSA) is 49.8 Å². The van der Waals surface area contributed by atoms with Crippen LogP contribution in [0.25, 0.3) is 0 Å². The molecule has 1 aromatic heterocycles. The molecule has 0 spiro atoms. The quantitative estimate of drug-likeness (QED) is 0.698. The van der Waals surface area contributed by atoms with E-state index in [1.807, 2.05) is 24.9 Å². The number of hydrogen-bond donors (Lipinski definition) is 2. The van der Waals surface area contributed by atoms with Crippen molar-refractivity contribution in [2.75, 3.05) is 36.2 Å². The fourth-order valence-corrected chi connectivity index (χ4v) is 1.18. The number of hydrogen-bond acceptors (Lipinski definition) is 5. The maximum atomic E-state index is 4.09. The van der Waals surface area contributed by atoms with Crippen molar-refractivity contribution in [2.45, 2.75) is 0 Å². The molecule has 0 aliphatic heterocycles. The first-order valence-electron chi connectivity index (χ1n) is 4.09. The smallest absolute Gasteiger partial charge is 0.131 e. The number of anilines is 2. The predicted molar refractivity (Wildman–Crippen MR) is 58.5 cm³/mol. The first-order valence-corrected chi connectivity index (χ1v) is 5.49. The van der Waals surface area contributed by atoms with Crippen LogP contribution in [0.5, 0.6) is 0 Å². The molecule has 0 saturated heterocycles. The molecule has 5 heteroatoms. The fourth-order valence-electron chi connectivity index (χ4n) is 0.872. The molecule has 72 valence electrons. The van der Waals surface area contributed by atoms with Gasteiger partial charge in [0.25, 0.3) is 0 Å². The Morgan fingerprint density at radius 1 is 1.38 bits per heavy atom. The van der Waals surface area contributed by atoms with Gasteiger partial charge in [-0.1, -0.05) is 0 Å². The van der Waals surface area contributed by atoms with E-state index >= 15 is 0 Å². The average molecular weight is 198 g/mol. The molecule has 0 aromatic carbocycles. The van der Waals surface area contributed by atoms with E-state index in [4.69, 9.17) is 0 Å². The third-order valence-corrected chi connectivity index (χ3v) is 2.15. The van der Waals surface area contributed by atoms with Crippen LogP contribution < -0.4 is 10.6 Å². The van der Waals surface area contributed by atoms with Crippen LogP contribution in [-0.4, -0.2) is 35.6 Å². The zero-order chi connectivity index (χ0) is 9.52. The SMILES string of the molecule is CNc1cc(NCCSC)ncn1. The third kappa shape index (κ3) is 3.50. The van der Waals surface area contributed by atoms with Crippen LogP contribution in [0, 0.1) is 0 Å². The van der Waals surface area contributed by atoms with Gasteiger partial charge in [0.15, 0.2) is 0 Å². The maximum absolute atomic E-state index is 4.09. The van der Waals surface area contributed by atoms with Crippen LogP contribution >= 0.6 is 11.8 Å². The molecule has 2 N–H and O–H groups in total. The standard InChI is InChI=1S/C8H14N4S/c1-9-7-5-8(12-6-11-7)10-3-4-13-2/h5-6H,3-4H2,1-2H3,(H2,9,10,11,12). The molecule has 0 amide bonds. The number of rotatable bonds is 5. The summed E-state index contributed by atoms with van der Waals surface area (Å²) in [6.07, 6.45) is 3.63. The van der Waals surface area contributed by atoms with Gasteiger partial charge in [-0.05, 0) is 6.26 Å². The van der Waals surface area contributed by atoms with Gasteiger partial charge in [-0.2, -0.15) is 11.8 Å². The van der Waals surface area contributed by atoms with Gasteiger partial charge in [-0.3, -0.25) is 0 Å². The molecule has 0 saturated carbocycles. The monoisotopic (exact) mass is 198 g/mol. The summed E-state index contributed by atoms with van der Waals surface area (Å²) in [5.41, 5.74) is 0. The molecule has 0 bridgehead atoms. The highest BCUT2D eigenvalue weighted by Gasteiger charge is 1.94. The van der Waals surface area contributed by atoms with E-state index < -0.39 is 0 Å². The minimum atomic E-state index is 0.835. The first-order chi connectivity index (χ1) is 6.36. The lowest BCUT2D eigenvalue weighted by molar-refractivity contribution is 1.11. The van der Waals surface area contributed by atoms with Gasteiger partial charge in [0.05, 0.1) is 0 Å². The normalized spacial score (nSPS) is 9.69. The van der Waals surface area contributed by atoms with Crippen molar-refractivity contribution in [1.29, 1.82) is 0 Å². The molecular formula is C8H14N4S. The maximum Gasteiger partial charge on any atom is 0.131 e. The predicted octanol–water partition coefficient (Wildman–Crippen LogP) is 1.29. The number of nitrogens with zero attached hydrogens (tertiary/aromatic N) is 2. The molecule has 0 unspecified atom stereocenters. The van der Waals surface area contributed by atoms with Crippen LogP contribution in [0.15, 0.2) is 12.4 Å². The second-order valence-electron chi connectivity index (χ2n) is 2.46. The molecule has 0 aliphatic rings. The zero-order valence-corrected chi connectivity index (χ0v) is 8.69. The summed E-state index contributed by atoms with van der Waals surface area (Å²) in [5.74, 6) is 2.79. The largest absolute Gasteiger partial charge is 0.373 e. The van der Waals surface area contributed by atoms with E-state index in [1.165, 1.54) is 0 Å². The summed E-state index contributed by atoms with van der Waals surface area (Å²) in [5, 5.41) is 6.17. The van der Waals surface area contributed by atoms with Crippen LogP contribution in [0.1, 0.15) is 0 Å². The number of aromatic nitrogens is 2. The Hall–Kier alpha value is -0.970. The molecule has 1 rings (SSSR count). The molecular weight excluding hydrogens is 184 g/mol. The highest BCUT2D eigenvalue weighted by molar-refractivity contribution is 7.98. The first kappa shape index (κ1) is 10.1. The van der Waals surface area contributed by atoms with Crippen molar-refractivity contribution < 1.29 is 0 Å². The van der Waals surface area contributed by atoms with Crippen molar-refractivity contribution in [3.63, 3.8) is 0 Å². The van der Waals surface area contributed by atoms with Gasteiger partial charge < -0.3 is 10.6 Å². The van der Waals surface area contributed by atoms with E-state index in [9.17, 15) is 0 Å². The molecule has 13 heavy (non-hydrogen) atoms. The summed E-state index contributed by atoms with van der Waals surface area (Å²) in [4.78, 5) is 8.11. The minimum Gasteiger partial charge on any atom is -0.373 e. The summed E-state index contributed by atoms with van der Waals surface area (Å²) in [6.45, 7) is 0.932. The Kier molecular flexibility index (Phi) is 4.39. The Morgan fingerprint density at radius 3 is 2.85 bits per heavy atom. The Labute approximate surface area is 82.6 Å². The lowest BCUT2D eigenvalue weighted by Crippen LogP contribution is -2.06. The van der Waals surface area contributed by atoms with Crippen molar-refractivity contribution in [3.8, 4) is 0 Å². The Bertz CT molecular complexity index is 254. The number of thioether (sulfide) groups is 1. The molecule has 1 aromatic rings. The van der Waals surface area contributed by atoms with Gasteiger partial charge in [0.1, 0.15) is 18.0 Å². The van der Waals surface area contributed by atoms with Crippen LogP contribution in [0.4, 0.5) is 11.6 Å². The molecule has 0 aliphatic carbocycles. The van der Waals surface area contributed by atoms with Crippen LogP contribution in [0.2, 0.25) is 0 Å². The Morgan fingerprint density at radius 2 is 2.15 bits per heavy atom. The van der Waals surface area contributed by atoms with E-state index in [0.717, 1.165) is 23.9 Å². The van der Waals surface area contributed by atoms with Crippen LogP contribution in [-0.2, 0) is 0 Å². The van der Waals surface area contributed by atoms with Gasteiger partial charge in [-0.25, -0.2) is 9.97 Å². The summed E-state index contributed by atoms with van der Waals surface area (Å²) in [6, 6.07) is 1.89. The zero-order valence-electron chi connectivity index (χ0n) is 7.87. The molecule has 1 heterocycles. The average Bonchev–Trinajstić information content (AvgIpc) is 2.19. The number of nitrogens with one attached hydrogen (secondary N) is 2. The summed E-state index contributed by atoms with van der Waals surface area (Å²) in [7, 11) is 1.84. The fraction of sp³-hybridized carbons (Fsp3) is 0.500. The van der Waals surface area contributed by atoms with E-state index in [1.54, 1.807) is 6.33 Å². The third-order valence-electron chi connectivity index (χ3n) is 1.54. The van der Waals surface area contributed by atoms with Crippen LogP contribution in [0.3, 0.4) is 0 Å². The summed E-state index contributed by atoms with van der Waals surface area (Å²) >= 11 is 1.81. The van der Waals surface area contributed by atoms with E-state index in [-0.39, 0.29) is 0 Å². The van der Waals surface area contributed by atoms with Crippen molar-refractivity contribution >= 4 is 23.4 Å². The lowest BCUT2D eigenvalue weighted by Gasteiger charge is -2.04. The van der Waals surface area contributed by atoms with Crippen molar-refractivity contribution in [1.82, 2.24) is 9.97 Å². The highest BCUT2D eigenvalue weighted by Crippen LogP contribution is 2.07. The molecule has 0 radical (unpaired) electrons. The van der Waals surface area contributed by atoms with Gasteiger partial charge >= 0.3 is 0 Å². The molecule has 4 nitrogen and oxygen atoms in total. The van der Waals surface area contributed by atoms with Crippen molar-refractivity contribution in [3.05, 3.63) is 12.4 Å². The Balaban J connectivity index is 2.46.